The number of aromatic nitrogens is 2. The summed E-state index contributed by atoms with van der Waals surface area (Å²) in [6.07, 6.45) is 1.41. The van der Waals surface area contributed by atoms with Crippen LogP contribution in [0.1, 0.15) is 17.0 Å². The van der Waals surface area contributed by atoms with Crippen LogP contribution in [0.2, 0.25) is 0 Å². The van der Waals surface area contributed by atoms with Gasteiger partial charge in [-0.3, -0.25) is 0 Å². The first-order valence-corrected chi connectivity index (χ1v) is 7.82. The Bertz CT molecular complexity index is 745. The van der Waals surface area contributed by atoms with Crippen molar-refractivity contribution >= 4 is 10.0 Å². The molecule has 1 aromatic heterocycles. The van der Waals surface area contributed by atoms with E-state index in [1.807, 2.05) is 6.92 Å². The lowest BCUT2D eigenvalue weighted by Crippen LogP contribution is -2.24. The van der Waals surface area contributed by atoms with Crippen LogP contribution in [-0.2, 0) is 16.6 Å². The summed E-state index contributed by atoms with van der Waals surface area (Å²) in [7, 11) is -2.04. The van der Waals surface area contributed by atoms with E-state index in [-0.39, 0.29) is 11.4 Å². The predicted molar refractivity (Wildman–Crippen MR) is 78.5 cm³/mol. The number of sulfonamides is 1. The molecule has 0 bridgehead atoms. The van der Waals surface area contributed by atoms with Gasteiger partial charge in [0.25, 0.3) is 0 Å². The maximum Gasteiger partial charge on any atom is 0.240 e. The van der Waals surface area contributed by atoms with Crippen molar-refractivity contribution in [2.75, 3.05) is 7.11 Å². The molecular weight excluding hydrogens is 290 g/mol. The molecule has 0 spiro atoms. The molecule has 0 aliphatic carbocycles. The summed E-state index contributed by atoms with van der Waals surface area (Å²) in [5.41, 5.74) is 2.18. The molecule has 1 heterocycles. The summed E-state index contributed by atoms with van der Waals surface area (Å²) in [5, 5.41) is 0. The van der Waals surface area contributed by atoms with Gasteiger partial charge in [-0.05, 0) is 43.7 Å². The molecule has 0 unspecified atom stereocenters. The third-order valence-electron chi connectivity index (χ3n) is 2.98. The molecule has 1 aromatic carbocycles. The Morgan fingerprint density at radius 2 is 1.95 bits per heavy atom. The molecule has 0 fully saturated rings. The van der Waals surface area contributed by atoms with Gasteiger partial charge in [0, 0.05) is 5.69 Å². The summed E-state index contributed by atoms with van der Waals surface area (Å²) in [4.78, 5) is 8.19. The third-order valence-corrected chi connectivity index (χ3v) is 4.38. The molecule has 0 saturated heterocycles. The molecule has 112 valence electrons. The maximum atomic E-state index is 12.2. The fourth-order valence-corrected chi connectivity index (χ4v) is 2.96. The van der Waals surface area contributed by atoms with Crippen LogP contribution in [0.15, 0.2) is 35.5 Å². The Kier molecular flexibility index (Phi) is 4.54. The summed E-state index contributed by atoms with van der Waals surface area (Å²) >= 11 is 0. The Hall–Kier alpha value is -1.99. The van der Waals surface area contributed by atoms with Gasteiger partial charge in [-0.15, -0.1) is 0 Å². The molecule has 1 N–H and O–H groups in total. The first kappa shape index (κ1) is 15.4. The highest BCUT2D eigenvalue weighted by molar-refractivity contribution is 7.89. The standard InChI is InChI=1S/C14H17N3O3S/c1-10-6-13(4-5-14(10)20-3)21(18,19)17-8-12-7-11(2)15-9-16-12/h4-7,9,17H,8H2,1-3H3. The van der Waals surface area contributed by atoms with Gasteiger partial charge in [-0.2, -0.15) is 0 Å². The van der Waals surface area contributed by atoms with Gasteiger partial charge in [0.05, 0.1) is 24.2 Å². The van der Waals surface area contributed by atoms with Crippen molar-refractivity contribution in [1.82, 2.24) is 14.7 Å². The van der Waals surface area contributed by atoms with Gasteiger partial charge in [0.1, 0.15) is 12.1 Å². The van der Waals surface area contributed by atoms with Crippen LogP contribution >= 0.6 is 0 Å². The molecule has 2 aromatic rings. The lowest BCUT2D eigenvalue weighted by Gasteiger charge is -2.09. The summed E-state index contributed by atoms with van der Waals surface area (Å²) in [5.74, 6) is 0.653. The quantitative estimate of drug-likeness (QED) is 0.907. The van der Waals surface area contributed by atoms with Gasteiger partial charge in [-0.1, -0.05) is 0 Å². The zero-order valence-corrected chi connectivity index (χ0v) is 12.9. The van der Waals surface area contributed by atoms with Crippen molar-refractivity contribution < 1.29 is 13.2 Å². The highest BCUT2D eigenvalue weighted by atomic mass is 32.2. The zero-order valence-electron chi connectivity index (χ0n) is 12.1. The molecule has 21 heavy (non-hydrogen) atoms. The number of hydrogen-bond donors (Lipinski definition) is 1. The molecule has 0 aliphatic heterocycles. The first-order valence-electron chi connectivity index (χ1n) is 6.34. The molecular formula is C14H17N3O3S. The van der Waals surface area contributed by atoms with Crippen molar-refractivity contribution in [1.29, 1.82) is 0 Å². The Balaban J connectivity index is 2.17. The molecule has 7 heteroatoms. The molecule has 0 atom stereocenters. The van der Waals surface area contributed by atoms with E-state index in [0.717, 1.165) is 11.3 Å². The lowest BCUT2D eigenvalue weighted by atomic mass is 10.2. The number of aryl methyl sites for hydroxylation is 2. The number of hydrogen-bond acceptors (Lipinski definition) is 5. The SMILES string of the molecule is COc1ccc(S(=O)(=O)NCc2cc(C)ncn2)cc1C. The Morgan fingerprint density at radius 3 is 2.57 bits per heavy atom. The fourth-order valence-electron chi connectivity index (χ4n) is 1.88. The molecule has 0 radical (unpaired) electrons. The largest absolute Gasteiger partial charge is 0.496 e. The van der Waals surface area contributed by atoms with Crippen molar-refractivity contribution in [3.8, 4) is 5.75 Å². The maximum absolute atomic E-state index is 12.2. The van der Waals surface area contributed by atoms with E-state index in [2.05, 4.69) is 14.7 Å². The van der Waals surface area contributed by atoms with Crippen LogP contribution in [0, 0.1) is 13.8 Å². The van der Waals surface area contributed by atoms with Crippen LogP contribution in [0.5, 0.6) is 5.75 Å². The minimum Gasteiger partial charge on any atom is -0.496 e. The predicted octanol–water partition coefficient (Wildman–Crippen LogP) is 1.58. The molecule has 0 saturated carbocycles. The average molecular weight is 307 g/mol. The van der Waals surface area contributed by atoms with Crippen LogP contribution in [-0.4, -0.2) is 25.5 Å². The molecule has 2 rings (SSSR count). The van der Waals surface area contributed by atoms with E-state index < -0.39 is 10.0 Å². The van der Waals surface area contributed by atoms with Crippen molar-refractivity contribution in [3.05, 3.63) is 47.5 Å². The smallest absolute Gasteiger partial charge is 0.240 e. The lowest BCUT2D eigenvalue weighted by molar-refractivity contribution is 0.411. The second-order valence-corrected chi connectivity index (χ2v) is 6.37. The minimum absolute atomic E-state index is 0.122. The number of rotatable bonds is 5. The molecule has 0 amide bonds. The number of methoxy groups -OCH3 is 1. The van der Waals surface area contributed by atoms with Crippen LogP contribution in [0.3, 0.4) is 0 Å². The van der Waals surface area contributed by atoms with Gasteiger partial charge in [0.15, 0.2) is 0 Å². The normalized spacial score (nSPS) is 11.4. The number of ether oxygens (including phenoxy) is 1. The number of nitrogens with zero attached hydrogens (tertiary/aromatic N) is 2. The van der Waals surface area contributed by atoms with Gasteiger partial charge in [-0.25, -0.2) is 23.1 Å². The van der Waals surface area contributed by atoms with E-state index in [0.29, 0.717) is 11.4 Å². The van der Waals surface area contributed by atoms with Gasteiger partial charge >= 0.3 is 0 Å². The zero-order chi connectivity index (χ0) is 15.5. The van der Waals surface area contributed by atoms with E-state index in [9.17, 15) is 8.42 Å². The number of nitrogens with one attached hydrogen (secondary N) is 1. The molecule has 6 nitrogen and oxygen atoms in total. The summed E-state index contributed by atoms with van der Waals surface area (Å²) in [6.45, 7) is 3.74. The van der Waals surface area contributed by atoms with E-state index >= 15 is 0 Å². The van der Waals surface area contributed by atoms with Crippen LogP contribution in [0.4, 0.5) is 0 Å². The topological polar surface area (TPSA) is 81.2 Å². The third kappa shape index (κ3) is 3.77. The Morgan fingerprint density at radius 1 is 1.19 bits per heavy atom. The van der Waals surface area contributed by atoms with Crippen molar-refractivity contribution in [2.24, 2.45) is 0 Å². The molecule has 0 aliphatic rings. The van der Waals surface area contributed by atoms with Crippen molar-refractivity contribution in [3.63, 3.8) is 0 Å². The summed E-state index contributed by atoms with van der Waals surface area (Å²) < 4.78 is 32.1. The van der Waals surface area contributed by atoms with E-state index in [4.69, 9.17) is 4.74 Å². The highest BCUT2D eigenvalue weighted by Crippen LogP contribution is 2.21. The van der Waals surface area contributed by atoms with Gasteiger partial charge < -0.3 is 4.74 Å². The second kappa shape index (κ2) is 6.19. The minimum atomic E-state index is -3.58. The van der Waals surface area contributed by atoms with Crippen LogP contribution < -0.4 is 9.46 Å². The van der Waals surface area contributed by atoms with E-state index in [1.165, 1.54) is 12.4 Å². The van der Waals surface area contributed by atoms with E-state index in [1.54, 1.807) is 32.2 Å². The average Bonchev–Trinajstić information content (AvgIpc) is 2.45. The fraction of sp³-hybridized carbons (Fsp3) is 0.286. The monoisotopic (exact) mass is 307 g/mol. The second-order valence-electron chi connectivity index (χ2n) is 4.61. The Labute approximate surface area is 124 Å². The first-order chi connectivity index (χ1) is 9.92. The van der Waals surface area contributed by atoms with Gasteiger partial charge in [0.2, 0.25) is 10.0 Å². The van der Waals surface area contributed by atoms with Crippen molar-refractivity contribution in [2.45, 2.75) is 25.3 Å². The highest BCUT2D eigenvalue weighted by Gasteiger charge is 2.15. The number of benzene rings is 1. The summed E-state index contributed by atoms with van der Waals surface area (Å²) in [6, 6.07) is 6.46. The van der Waals surface area contributed by atoms with Crippen LogP contribution in [0.25, 0.3) is 0 Å².